The Balaban J connectivity index is 3.83. The molecule has 15 heavy (non-hydrogen) atoms. The molecule has 0 aromatic carbocycles. The van der Waals surface area contributed by atoms with Gasteiger partial charge in [0.15, 0.2) is 0 Å². The quantitative estimate of drug-likeness (QED) is 0.359. The molecule has 0 fully saturated rings. The van der Waals surface area contributed by atoms with E-state index in [9.17, 15) is 8.42 Å². The zero-order valence-electron chi connectivity index (χ0n) is 8.94. The Labute approximate surface area is 90.7 Å². The number of hydrogen-bond acceptors (Lipinski definition) is 5. The van der Waals surface area contributed by atoms with Gasteiger partial charge in [-0.2, -0.15) is 0 Å². The highest BCUT2D eigenvalue weighted by Gasteiger charge is 2.12. The normalized spacial score (nSPS) is 14.1. The van der Waals surface area contributed by atoms with E-state index in [-0.39, 0.29) is 19.3 Å². The Morgan fingerprint density at radius 2 is 1.80 bits per heavy atom. The van der Waals surface area contributed by atoms with Crippen molar-refractivity contribution in [1.29, 1.82) is 0 Å². The topological polar surface area (TPSA) is 98.7 Å². The summed E-state index contributed by atoms with van der Waals surface area (Å²) in [5, 5.41) is 20.2. The first-order valence-corrected chi connectivity index (χ1v) is 6.78. The minimum Gasteiger partial charge on any atom is -0.396 e. The van der Waals surface area contributed by atoms with Gasteiger partial charge >= 0.3 is 0 Å². The number of aliphatic hydroxyl groups is 2. The van der Waals surface area contributed by atoms with Gasteiger partial charge in [0, 0.05) is 19.2 Å². The molecule has 1 atom stereocenters. The van der Waals surface area contributed by atoms with Crippen LogP contribution in [0.2, 0.25) is 0 Å². The van der Waals surface area contributed by atoms with Crippen molar-refractivity contribution in [3.05, 3.63) is 0 Å². The molecule has 0 saturated carbocycles. The highest BCUT2D eigenvalue weighted by molar-refractivity contribution is 7.88. The third kappa shape index (κ3) is 10.1. The lowest BCUT2D eigenvalue weighted by Gasteiger charge is -2.16. The molecular weight excluding hydrogens is 220 g/mol. The summed E-state index contributed by atoms with van der Waals surface area (Å²) in [5.74, 6) is 0. The summed E-state index contributed by atoms with van der Waals surface area (Å²) in [6.07, 6.45) is 2.08. The van der Waals surface area contributed by atoms with E-state index in [1.807, 2.05) is 0 Å². The predicted octanol–water partition coefficient (Wildman–Crippen LogP) is -1.74. The molecule has 6 nitrogen and oxygen atoms in total. The molecular formula is C8H20N2O4S. The molecule has 0 aliphatic carbocycles. The molecule has 0 saturated heterocycles. The Kier molecular flexibility index (Phi) is 7.89. The molecule has 4 N–H and O–H groups in total. The summed E-state index contributed by atoms with van der Waals surface area (Å²) in [6, 6.07) is -0.254. The largest absolute Gasteiger partial charge is 0.396 e. The number of rotatable bonds is 9. The molecule has 0 amide bonds. The SMILES string of the molecule is CS(=O)(=O)NC(CCO)CCNCCO. The van der Waals surface area contributed by atoms with Gasteiger partial charge in [0.05, 0.1) is 12.9 Å². The minimum atomic E-state index is -3.23. The fourth-order valence-corrected chi connectivity index (χ4v) is 2.04. The van der Waals surface area contributed by atoms with Crippen molar-refractivity contribution >= 4 is 10.0 Å². The number of aliphatic hydroxyl groups excluding tert-OH is 2. The van der Waals surface area contributed by atoms with Crippen molar-refractivity contribution in [3.63, 3.8) is 0 Å². The van der Waals surface area contributed by atoms with E-state index in [1.54, 1.807) is 0 Å². The van der Waals surface area contributed by atoms with E-state index in [4.69, 9.17) is 10.2 Å². The summed E-state index contributed by atoms with van der Waals surface area (Å²) in [5.41, 5.74) is 0. The van der Waals surface area contributed by atoms with Crippen LogP contribution in [-0.4, -0.2) is 57.2 Å². The zero-order valence-corrected chi connectivity index (χ0v) is 9.76. The summed E-state index contributed by atoms with van der Waals surface area (Å²) in [7, 11) is -3.23. The first-order valence-electron chi connectivity index (χ1n) is 4.89. The van der Waals surface area contributed by atoms with Gasteiger partial charge in [-0.25, -0.2) is 13.1 Å². The summed E-state index contributed by atoms with van der Waals surface area (Å²) in [6.45, 7) is 1.11. The third-order valence-electron chi connectivity index (χ3n) is 1.82. The van der Waals surface area contributed by atoms with Crippen LogP contribution in [0.3, 0.4) is 0 Å². The van der Waals surface area contributed by atoms with E-state index in [2.05, 4.69) is 10.0 Å². The third-order valence-corrected chi connectivity index (χ3v) is 2.58. The second-order valence-electron chi connectivity index (χ2n) is 3.36. The van der Waals surface area contributed by atoms with Crippen molar-refractivity contribution in [1.82, 2.24) is 10.0 Å². The van der Waals surface area contributed by atoms with Gasteiger partial charge in [-0.05, 0) is 19.4 Å². The van der Waals surface area contributed by atoms with Crippen LogP contribution >= 0.6 is 0 Å². The summed E-state index contributed by atoms with van der Waals surface area (Å²) in [4.78, 5) is 0. The first-order chi connectivity index (χ1) is 6.99. The molecule has 92 valence electrons. The molecule has 0 aliphatic heterocycles. The molecule has 0 aromatic rings. The van der Waals surface area contributed by atoms with Crippen molar-refractivity contribution in [3.8, 4) is 0 Å². The van der Waals surface area contributed by atoms with Crippen molar-refractivity contribution in [2.24, 2.45) is 0 Å². The Hall–Kier alpha value is -0.210. The summed E-state index contributed by atoms with van der Waals surface area (Å²) >= 11 is 0. The lowest BCUT2D eigenvalue weighted by Crippen LogP contribution is -2.37. The van der Waals surface area contributed by atoms with Crippen LogP contribution in [0, 0.1) is 0 Å². The molecule has 0 aliphatic rings. The number of hydrogen-bond donors (Lipinski definition) is 4. The minimum absolute atomic E-state index is 0.0484. The average molecular weight is 240 g/mol. The Morgan fingerprint density at radius 3 is 2.27 bits per heavy atom. The fourth-order valence-electron chi connectivity index (χ4n) is 1.20. The second-order valence-corrected chi connectivity index (χ2v) is 5.14. The standard InChI is InChI=1S/C8H20N2O4S/c1-15(13,14)10-8(3-6-11)2-4-9-5-7-12/h8-12H,2-7H2,1H3. The maximum absolute atomic E-state index is 11.0. The van der Waals surface area contributed by atoms with Gasteiger partial charge in [0.25, 0.3) is 0 Å². The summed E-state index contributed by atoms with van der Waals surface area (Å²) < 4.78 is 24.3. The highest BCUT2D eigenvalue weighted by atomic mass is 32.2. The molecule has 0 spiro atoms. The van der Waals surface area contributed by atoms with Crippen LogP contribution in [0.1, 0.15) is 12.8 Å². The van der Waals surface area contributed by atoms with Crippen molar-refractivity contribution < 1.29 is 18.6 Å². The van der Waals surface area contributed by atoms with Crippen molar-refractivity contribution in [2.75, 3.05) is 32.6 Å². The van der Waals surface area contributed by atoms with Gasteiger partial charge in [-0.15, -0.1) is 0 Å². The van der Waals surface area contributed by atoms with E-state index < -0.39 is 10.0 Å². The molecule has 0 heterocycles. The molecule has 0 aromatic heterocycles. The highest BCUT2D eigenvalue weighted by Crippen LogP contribution is 1.98. The Morgan fingerprint density at radius 1 is 1.13 bits per heavy atom. The van der Waals surface area contributed by atoms with Crippen molar-refractivity contribution in [2.45, 2.75) is 18.9 Å². The van der Waals surface area contributed by atoms with E-state index in [0.717, 1.165) is 6.26 Å². The molecule has 0 bridgehead atoms. The van der Waals surface area contributed by atoms with E-state index in [1.165, 1.54) is 0 Å². The van der Waals surface area contributed by atoms with Gasteiger partial charge in [-0.3, -0.25) is 0 Å². The second kappa shape index (κ2) is 8.00. The fraction of sp³-hybridized carbons (Fsp3) is 1.00. The lowest BCUT2D eigenvalue weighted by molar-refractivity contribution is 0.265. The lowest BCUT2D eigenvalue weighted by atomic mass is 10.1. The van der Waals surface area contributed by atoms with Gasteiger partial charge in [0.1, 0.15) is 0 Å². The molecule has 1 unspecified atom stereocenters. The maximum Gasteiger partial charge on any atom is 0.208 e. The van der Waals surface area contributed by atoms with Crippen LogP contribution in [0.5, 0.6) is 0 Å². The molecule has 0 radical (unpaired) electrons. The van der Waals surface area contributed by atoms with Gasteiger partial charge < -0.3 is 15.5 Å². The van der Waals surface area contributed by atoms with E-state index >= 15 is 0 Å². The van der Waals surface area contributed by atoms with Crippen LogP contribution in [0.4, 0.5) is 0 Å². The average Bonchev–Trinajstić information content (AvgIpc) is 2.10. The first kappa shape index (κ1) is 14.8. The van der Waals surface area contributed by atoms with Crippen LogP contribution in [0.25, 0.3) is 0 Å². The predicted molar refractivity (Wildman–Crippen MR) is 58.0 cm³/mol. The van der Waals surface area contributed by atoms with Gasteiger partial charge in [-0.1, -0.05) is 0 Å². The van der Waals surface area contributed by atoms with Gasteiger partial charge in [0.2, 0.25) is 10.0 Å². The monoisotopic (exact) mass is 240 g/mol. The molecule has 0 rings (SSSR count). The maximum atomic E-state index is 11.0. The number of sulfonamides is 1. The number of nitrogens with one attached hydrogen (secondary N) is 2. The Bertz CT molecular complexity index is 243. The molecule has 7 heteroatoms. The smallest absolute Gasteiger partial charge is 0.208 e. The van der Waals surface area contributed by atoms with Crippen LogP contribution in [-0.2, 0) is 10.0 Å². The van der Waals surface area contributed by atoms with E-state index in [0.29, 0.717) is 25.9 Å². The van der Waals surface area contributed by atoms with Crippen LogP contribution < -0.4 is 10.0 Å². The zero-order chi connectivity index (χ0) is 11.7. The van der Waals surface area contributed by atoms with Crippen LogP contribution in [0.15, 0.2) is 0 Å².